The summed E-state index contributed by atoms with van der Waals surface area (Å²) < 4.78 is 51.6. The van der Waals surface area contributed by atoms with Crippen molar-refractivity contribution in [1.82, 2.24) is 15.1 Å². The third-order valence-corrected chi connectivity index (χ3v) is 6.33. The zero-order chi connectivity index (χ0) is 29.1. The minimum absolute atomic E-state index is 0.119. The fourth-order valence-corrected chi connectivity index (χ4v) is 4.24. The summed E-state index contributed by atoms with van der Waals surface area (Å²) in [6.07, 6.45) is -0.303. The fraction of sp³-hybridized carbons (Fsp3) is 0.393. The van der Waals surface area contributed by atoms with E-state index in [2.05, 4.69) is 10.4 Å². The Morgan fingerprint density at radius 3 is 2.70 bits per heavy atom. The van der Waals surface area contributed by atoms with Gasteiger partial charge in [-0.25, -0.2) is 4.79 Å². The van der Waals surface area contributed by atoms with Crippen LogP contribution in [0, 0.1) is 0 Å². The van der Waals surface area contributed by atoms with Crippen LogP contribution in [0.15, 0.2) is 54.9 Å². The fourth-order valence-electron chi connectivity index (χ4n) is 4.24. The Bertz CT molecular complexity index is 1370. The molecule has 0 saturated carbocycles. The molecule has 0 spiro atoms. The number of aromatic nitrogens is 2. The van der Waals surface area contributed by atoms with Gasteiger partial charge in [0.15, 0.2) is 0 Å². The molecule has 12 heteroatoms. The van der Waals surface area contributed by atoms with Gasteiger partial charge in [-0.1, -0.05) is 18.2 Å². The number of halogens is 3. The van der Waals surface area contributed by atoms with E-state index in [1.807, 2.05) is 0 Å². The normalized spacial score (nSPS) is 15.7. The van der Waals surface area contributed by atoms with E-state index in [9.17, 15) is 27.9 Å². The van der Waals surface area contributed by atoms with E-state index < -0.39 is 35.3 Å². The first-order valence-electron chi connectivity index (χ1n) is 12.7. The number of ether oxygens (including phenoxy) is 2. The Balaban J connectivity index is 1.37. The standard InChI is InChI=1S/C28H31F3N4O5/c1-27(2,38)10-5-11-39-21-8-9-24-23(14-21)34(3)25(36)22(17-40-24)33-26(37)35-16-19(15-32-35)12-18-6-4-7-20(13-18)28(29,30)31/h4,6-9,13-16,22,38H,5,10-12,17H2,1-3H3,(H,33,37)/t22-/m0/s1. The number of hydrogen-bond acceptors (Lipinski definition) is 6. The highest BCUT2D eigenvalue weighted by Crippen LogP contribution is 2.34. The maximum Gasteiger partial charge on any atom is 0.416 e. The lowest BCUT2D eigenvalue weighted by Crippen LogP contribution is -2.50. The molecule has 1 aliphatic rings. The summed E-state index contributed by atoms with van der Waals surface area (Å²) in [5.41, 5.74) is -0.113. The number of nitrogens with zero attached hydrogens (tertiary/aromatic N) is 3. The molecule has 2 amide bonds. The van der Waals surface area contributed by atoms with Crippen LogP contribution in [-0.4, -0.2) is 58.7 Å². The van der Waals surface area contributed by atoms with Crippen LogP contribution in [-0.2, 0) is 17.4 Å². The van der Waals surface area contributed by atoms with Gasteiger partial charge in [-0.15, -0.1) is 0 Å². The van der Waals surface area contributed by atoms with Gasteiger partial charge in [0, 0.05) is 25.7 Å². The Hall–Kier alpha value is -4.06. The number of anilines is 1. The molecule has 1 aromatic heterocycles. The predicted molar refractivity (Wildman–Crippen MR) is 141 cm³/mol. The van der Waals surface area contributed by atoms with E-state index in [0.29, 0.717) is 47.8 Å². The van der Waals surface area contributed by atoms with E-state index in [1.165, 1.54) is 23.4 Å². The first-order chi connectivity index (χ1) is 18.8. The average Bonchev–Trinajstić information content (AvgIpc) is 3.32. The highest BCUT2D eigenvalue weighted by Gasteiger charge is 2.32. The second kappa shape index (κ2) is 11.6. The van der Waals surface area contributed by atoms with Gasteiger partial charge in [-0.2, -0.15) is 23.0 Å². The SMILES string of the molecule is CN1C(=O)[C@@H](NC(=O)n2cc(Cc3cccc(C(F)(F)F)c3)cn2)COc2ccc(OCCCC(C)(C)O)cc21. The molecule has 0 unspecified atom stereocenters. The Morgan fingerprint density at radius 2 is 1.98 bits per heavy atom. The largest absolute Gasteiger partial charge is 0.494 e. The summed E-state index contributed by atoms with van der Waals surface area (Å²) in [5, 5.41) is 16.4. The summed E-state index contributed by atoms with van der Waals surface area (Å²) in [7, 11) is 1.56. The number of amides is 2. The van der Waals surface area contributed by atoms with Crippen molar-refractivity contribution in [2.75, 3.05) is 25.2 Å². The van der Waals surface area contributed by atoms with Crippen molar-refractivity contribution in [1.29, 1.82) is 0 Å². The molecule has 9 nitrogen and oxygen atoms in total. The molecular weight excluding hydrogens is 529 g/mol. The van der Waals surface area contributed by atoms with Gasteiger partial charge in [0.2, 0.25) is 0 Å². The van der Waals surface area contributed by atoms with Crippen molar-refractivity contribution in [3.8, 4) is 11.5 Å². The van der Waals surface area contributed by atoms with Crippen molar-refractivity contribution in [2.24, 2.45) is 0 Å². The minimum Gasteiger partial charge on any atom is -0.494 e. The van der Waals surface area contributed by atoms with Crippen molar-refractivity contribution in [2.45, 2.75) is 50.9 Å². The summed E-state index contributed by atoms with van der Waals surface area (Å²) in [5.74, 6) is 0.562. The highest BCUT2D eigenvalue weighted by atomic mass is 19.4. The van der Waals surface area contributed by atoms with Crippen LogP contribution >= 0.6 is 0 Å². The number of nitrogens with one attached hydrogen (secondary N) is 1. The number of rotatable bonds is 8. The molecule has 2 N–H and O–H groups in total. The molecule has 2 heterocycles. The maximum absolute atomic E-state index is 13.2. The van der Waals surface area contributed by atoms with E-state index in [4.69, 9.17) is 9.47 Å². The van der Waals surface area contributed by atoms with Crippen molar-refractivity contribution >= 4 is 17.6 Å². The number of carbonyl (C=O) groups is 2. The molecular formula is C28H31F3N4O5. The number of likely N-dealkylation sites (N-methyl/N-ethyl adjacent to an activating group) is 1. The number of carbonyl (C=O) groups excluding carboxylic acids is 2. The number of aliphatic hydroxyl groups is 1. The monoisotopic (exact) mass is 560 g/mol. The number of alkyl halides is 3. The second-order valence-corrected chi connectivity index (χ2v) is 10.3. The smallest absolute Gasteiger partial charge is 0.416 e. The summed E-state index contributed by atoms with van der Waals surface area (Å²) in [6.45, 7) is 3.73. The van der Waals surface area contributed by atoms with Gasteiger partial charge in [-0.3, -0.25) is 4.79 Å². The first kappa shape index (κ1) is 28.9. The highest BCUT2D eigenvalue weighted by molar-refractivity contribution is 6.00. The van der Waals surface area contributed by atoms with Crippen LogP contribution in [0.2, 0.25) is 0 Å². The van der Waals surface area contributed by atoms with Crippen LogP contribution in [0.1, 0.15) is 43.4 Å². The van der Waals surface area contributed by atoms with Crippen LogP contribution < -0.4 is 19.7 Å². The van der Waals surface area contributed by atoms with Gasteiger partial charge in [-0.05, 0) is 56.0 Å². The average molecular weight is 561 g/mol. The number of benzene rings is 2. The lowest BCUT2D eigenvalue weighted by atomic mass is 10.0. The van der Waals surface area contributed by atoms with Crippen molar-refractivity contribution in [3.05, 3.63) is 71.5 Å². The third kappa shape index (κ3) is 7.32. The number of hydrogen-bond donors (Lipinski definition) is 2. The molecule has 1 atom stereocenters. The molecule has 0 bridgehead atoms. The molecule has 2 aromatic carbocycles. The molecule has 40 heavy (non-hydrogen) atoms. The first-order valence-corrected chi connectivity index (χ1v) is 12.7. The van der Waals surface area contributed by atoms with Gasteiger partial charge in [0.25, 0.3) is 5.91 Å². The zero-order valence-corrected chi connectivity index (χ0v) is 22.4. The van der Waals surface area contributed by atoms with E-state index in [-0.39, 0.29) is 13.0 Å². The molecule has 1 aliphatic heterocycles. The third-order valence-electron chi connectivity index (χ3n) is 6.33. The van der Waals surface area contributed by atoms with Crippen LogP contribution in [0.5, 0.6) is 11.5 Å². The van der Waals surface area contributed by atoms with Crippen molar-refractivity contribution < 1.29 is 37.3 Å². The molecule has 0 aliphatic carbocycles. The summed E-state index contributed by atoms with van der Waals surface area (Å²) in [4.78, 5) is 27.4. The predicted octanol–water partition coefficient (Wildman–Crippen LogP) is 4.40. The lowest BCUT2D eigenvalue weighted by molar-refractivity contribution is -0.137. The molecule has 3 aromatic rings. The van der Waals surface area contributed by atoms with Crippen LogP contribution in [0.25, 0.3) is 0 Å². The Morgan fingerprint density at radius 1 is 1.20 bits per heavy atom. The molecule has 0 fully saturated rings. The lowest BCUT2D eigenvalue weighted by Gasteiger charge is -2.21. The molecule has 0 saturated heterocycles. The van der Waals surface area contributed by atoms with Gasteiger partial charge < -0.3 is 24.8 Å². The van der Waals surface area contributed by atoms with E-state index in [0.717, 1.165) is 16.8 Å². The summed E-state index contributed by atoms with van der Waals surface area (Å²) in [6, 6.07) is 8.31. The molecule has 0 radical (unpaired) electrons. The van der Waals surface area contributed by atoms with E-state index >= 15 is 0 Å². The quantitative estimate of drug-likeness (QED) is 0.396. The van der Waals surface area contributed by atoms with Gasteiger partial charge >= 0.3 is 12.2 Å². The topological polar surface area (TPSA) is 106 Å². The van der Waals surface area contributed by atoms with Crippen LogP contribution in [0.3, 0.4) is 0 Å². The maximum atomic E-state index is 13.2. The molecule has 4 rings (SSSR count). The zero-order valence-electron chi connectivity index (χ0n) is 22.4. The van der Waals surface area contributed by atoms with E-state index in [1.54, 1.807) is 45.2 Å². The molecule has 214 valence electrons. The second-order valence-electron chi connectivity index (χ2n) is 10.3. The minimum atomic E-state index is -4.45. The van der Waals surface area contributed by atoms with Crippen LogP contribution in [0.4, 0.5) is 23.7 Å². The Labute approximate surface area is 229 Å². The Kier molecular flexibility index (Phi) is 8.38. The number of fused-ring (bicyclic) bond motifs is 1. The van der Waals surface area contributed by atoms with Crippen molar-refractivity contribution in [3.63, 3.8) is 0 Å². The summed E-state index contributed by atoms with van der Waals surface area (Å²) >= 11 is 0. The van der Waals surface area contributed by atoms with Gasteiger partial charge in [0.1, 0.15) is 24.1 Å². The van der Waals surface area contributed by atoms with Gasteiger partial charge in [0.05, 0.1) is 29.7 Å².